The first kappa shape index (κ1) is 21.7. The van der Waals surface area contributed by atoms with Gasteiger partial charge in [-0.2, -0.15) is 0 Å². The number of nitrogens with one attached hydrogen (secondary N) is 2. The Morgan fingerprint density at radius 1 is 1.14 bits per heavy atom. The van der Waals surface area contributed by atoms with Crippen LogP contribution in [0.2, 0.25) is 5.02 Å². The smallest absolute Gasteiger partial charge is 0.241 e. The maximum atomic E-state index is 12.6. The molecule has 150 valence electrons. The van der Waals surface area contributed by atoms with Gasteiger partial charge in [-0.15, -0.1) is 0 Å². The number of carbonyl (C=O) groups excluding carboxylic acids is 2. The highest BCUT2D eigenvalue weighted by Crippen LogP contribution is 2.21. The maximum absolute atomic E-state index is 12.6. The minimum Gasteiger partial charge on any atom is -0.497 e. The molecule has 2 amide bonds. The Morgan fingerprint density at radius 3 is 2.43 bits per heavy atom. The van der Waals surface area contributed by atoms with E-state index >= 15 is 0 Å². The molecule has 0 fully saturated rings. The number of methoxy groups -OCH3 is 1. The predicted octanol–water partition coefficient (Wildman–Crippen LogP) is 3.94. The van der Waals surface area contributed by atoms with Crippen molar-refractivity contribution < 1.29 is 14.3 Å². The number of ether oxygens (including phenoxy) is 1. The molecule has 2 aromatic carbocycles. The summed E-state index contributed by atoms with van der Waals surface area (Å²) in [5, 5.41) is 6.28. The van der Waals surface area contributed by atoms with Crippen LogP contribution in [0.1, 0.15) is 19.4 Å². The van der Waals surface area contributed by atoms with Gasteiger partial charge in [-0.05, 0) is 62.4 Å². The maximum Gasteiger partial charge on any atom is 0.241 e. The van der Waals surface area contributed by atoms with Crippen molar-refractivity contribution in [2.24, 2.45) is 0 Å². The van der Waals surface area contributed by atoms with Crippen molar-refractivity contribution >= 4 is 34.8 Å². The van der Waals surface area contributed by atoms with E-state index in [1.807, 2.05) is 19.9 Å². The van der Waals surface area contributed by atoms with Crippen LogP contribution in [-0.2, 0) is 9.59 Å². The van der Waals surface area contributed by atoms with E-state index in [0.717, 1.165) is 11.3 Å². The minimum absolute atomic E-state index is 0.103. The van der Waals surface area contributed by atoms with Crippen molar-refractivity contribution in [3.05, 3.63) is 53.1 Å². The van der Waals surface area contributed by atoms with Gasteiger partial charge in [-0.25, -0.2) is 0 Å². The molecule has 1 atom stereocenters. The number of carbonyl (C=O) groups is 2. The van der Waals surface area contributed by atoms with Gasteiger partial charge >= 0.3 is 0 Å². The number of anilines is 2. The fourth-order valence-electron chi connectivity index (χ4n) is 2.71. The number of nitrogens with zero attached hydrogens (tertiary/aromatic N) is 1. The van der Waals surface area contributed by atoms with Gasteiger partial charge < -0.3 is 15.4 Å². The van der Waals surface area contributed by atoms with Crippen molar-refractivity contribution in [1.82, 2.24) is 4.90 Å². The number of hydrogen-bond acceptors (Lipinski definition) is 4. The molecule has 0 aliphatic carbocycles. The summed E-state index contributed by atoms with van der Waals surface area (Å²) in [7, 11) is 1.59. The van der Waals surface area contributed by atoms with Gasteiger partial charge in [0.1, 0.15) is 5.75 Å². The summed E-state index contributed by atoms with van der Waals surface area (Å²) in [5.41, 5.74) is 2.27. The summed E-state index contributed by atoms with van der Waals surface area (Å²) in [5.74, 6) is 0.338. The van der Waals surface area contributed by atoms with Gasteiger partial charge in [-0.3, -0.25) is 14.5 Å². The van der Waals surface area contributed by atoms with Crippen molar-refractivity contribution in [3.8, 4) is 5.75 Å². The van der Waals surface area contributed by atoms with E-state index in [1.54, 1.807) is 55.3 Å². The third-order valence-corrected chi connectivity index (χ3v) is 4.75. The van der Waals surface area contributed by atoms with Crippen LogP contribution in [0.5, 0.6) is 5.75 Å². The Labute approximate surface area is 170 Å². The molecule has 0 spiro atoms. The summed E-state index contributed by atoms with van der Waals surface area (Å²) in [6.07, 6.45) is 0. The first-order chi connectivity index (χ1) is 13.3. The Bertz CT molecular complexity index is 824. The summed E-state index contributed by atoms with van der Waals surface area (Å²) in [6, 6.07) is 11.9. The van der Waals surface area contributed by atoms with E-state index in [-0.39, 0.29) is 18.4 Å². The Morgan fingerprint density at radius 2 is 1.82 bits per heavy atom. The van der Waals surface area contributed by atoms with E-state index in [9.17, 15) is 9.59 Å². The van der Waals surface area contributed by atoms with Crippen LogP contribution in [0.15, 0.2) is 42.5 Å². The molecule has 1 unspecified atom stereocenters. The van der Waals surface area contributed by atoms with E-state index in [1.165, 1.54) is 0 Å². The SMILES string of the molecule is CCN(CC(=O)Nc1ccc(OC)cc1)C(C)C(=O)Nc1cc(Cl)ccc1C. The van der Waals surface area contributed by atoms with Gasteiger partial charge in [0.2, 0.25) is 11.8 Å². The second kappa shape index (κ2) is 10.1. The van der Waals surface area contributed by atoms with Gasteiger partial charge in [0.25, 0.3) is 0 Å². The minimum atomic E-state index is -0.481. The van der Waals surface area contributed by atoms with Crippen molar-refractivity contribution in [1.29, 1.82) is 0 Å². The topological polar surface area (TPSA) is 70.7 Å². The van der Waals surface area contributed by atoms with Crippen molar-refractivity contribution in [3.63, 3.8) is 0 Å². The van der Waals surface area contributed by atoms with E-state index < -0.39 is 6.04 Å². The van der Waals surface area contributed by atoms with E-state index in [2.05, 4.69) is 10.6 Å². The molecule has 2 N–H and O–H groups in total. The van der Waals surface area contributed by atoms with Crippen LogP contribution < -0.4 is 15.4 Å². The first-order valence-electron chi connectivity index (χ1n) is 9.09. The molecule has 0 bridgehead atoms. The normalized spacial score (nSPS) is 11.8. The molecule has 0 aliphatic rings. The van der Waals surface area contributed by atoms with E-state index in [4.69, 9.17) is 16.3 Å². The standard InChI is InChI=1S/C21H26ClN3O3/c1-5-25(13-20(26)23-17-8-10-18(28-4)11-9-17)15(3)21(27)24-19-12-16(22)7-6-14(19)2/h6-12,15H,5,13H2,1-4H3,(H,23,26)(H,24,27). The van der Waals surface area contributed by atoms with Gasteiger partial charge in [-0.1, -0.05) is 24.6 Å². The van der Waals surface area contributed by atoms with Crippen LogP contribution >= 0.6 is 11.6 Å². The number of aryl methyl sites for hydroxylation is 1. The van der Waals surface area contributed by atoms with Gasteiger partial charge in [0.15, 0.2) is 0 Å². The number of likely N-dealkylation sites (N-methyl/N-ethyl adjacent to an activating group) is 1. The zero-order valence-electron chi connectivity index (χ0n) is 16.6. The lowest BCUT2D eigenvalue weighted by molar-refractivity contribution is -0.123. The quantitative estimate of drug-likeness (QED) is 0.700. The van der Waals surface area contributed by atoms with Crippen molar-refractivity contribution in [2.75, 3.05) is 30.8 Å². The highest BCUT2D eigenvalue weighted by molar-refractivity contribution is 6.31. The third kappa shape index (κ3) is 5.97. The van der Waals surface area contributed by atoms with Crippen molar-refractivity contribution in [2.45, 2.75) is 26.8 Å². The zero-order valence-corrected chi connectivity index (χ0v) is 17.3. The number of amides is 2. The lowest BCUT2D eigenvalue weighted by Gasteiger charge is -2.26. The van der Waals surface area contributed by atoms with Crippen LogP contribution in [0, 0.1) is 6.92 Å². The number of rotatable bonds is 8. The Kier molecular flexibility index (Phi) is 7.84. The zero-order chi connectivity index (χ0) is 20.7. The number of hydrogen-bond donors (Lipinski definition) is 2. The molecule has 0 aromatic heterocycles. The molecule has 0 heterocycles. The van der Waals surface area contributed by atoms with Crippen LogP contribution in [0.3, 0.4) is 0 Å². The molecule has 6 nitrogen and oxygen atoms in total. The largest absolute Gasteiger partial charge is 0.497 e. The molecule has 0 radical (unpaired) electrons. The molecule has 7 heteroatoms. The van der Waals surface area contributed by atoms with Crippen LogP contribution in [0.4, 0.5) is 11.4 Å². The van der Waals surface area contributed by atoms with E-state index in [0.29, 0.717) is 22.9 Å². The Balaban J connectivity index is 1.97. The average Bonchev–Trinajstić information content (AvgIpc) is 2.68. The fraction of sp³-hybridized carbons (Fsp3) is 0.333. The summed E-state index contributed by atoms with van der Waals surface area (Å²) in [6.45, 7) is 6.25. The Hall–Kier alpha value is -2.57. The molecular formula is C21H26ClN3O3. The van der Waals surface area contributed by atoms with Gasteiger partial charge in [0, 0.05) is 16.4 Å². The monoisotopic (exact) mass is 403 g/mol. The summed E-state index contributed by atoms with van der Waals surface area (Å²) >= 11 is 6.01. The number of halogens is 1. The lowest BCUT2D eigenvalue weighted by atomic mass is 10.2. The first-order valence-corrected chi connectivity index (χ1v) is 9.46. The molecular weight excluding hydrogens is 378 g/mol. The predicted molar refractivity (Wildman–Crippen MR) is 113 cm³/mol. The fourth-order valence-corrected chi connectivity index (χ4v) is 2.89. The molecule has 2 rings (SSSR count). The molecule has 0 saturated heterocycles. The average molecular weight is 404 g/mol. The number of benzene rings is 2. The third-order valence-electron chi connectivity index (χ3n) is 4.51. The second-order valence-electron chi connectivity index (χ2n) is 6.46. The summed E-state index contributed by atoms with van der Waals surface area (Å²) in [4.78, 5) is 26.8. The molecule has 0 saturated carbocycles. The second-order valence-corrected chi connectivity index (χ2v) is 6.90. The highest BCUT2D eigenvalue weighted by Gasteiger charge is 2.22. The highest BCUT2D eigenvalue weighted by atomic mass is 35.5. The molecule has 28 heavy (non-hydrogen) atoms. The lowest BCUT2D eigenvalue weighted by Crippen LogP contribution is -2.45. The van der Waals surface area contributed by atoms with Gasteiger partial charge in [0.05, 0.1) is 19.7 Å². The summed E-state index contributed by atoms with van der Waals surface area (Å²) < 4.78 is 5.10. The molecule has 2 aromatic rings. The molecule has 0 aliphatic heterocycles. The van der Waals surface area contributed by atoms with Crippen LogP contribution in [0.25, 0.3) is 0 Å². The van der Waals surface area contributed by atoms with Crippen LogP contribution in [-0.4, -0.2) is 43.0 Å².